The maximum Gasteiger partial charge on any atom is 0.380 e. The van der Waals surface area contributed by atoms with E-state index in [4.69, 9.17) is 10.3 Å². The minimum absolute atomic E-state index is 0.0722. The van der Waals surface area contributed by atoms with Crippen molar-refractivity contribution in [1.29, 1.82) is 0 Å². The number of hydrogen-bond acceptors (Lipinski definition) is 7. The van der Waals surface area contributed by atoms with E-state index in [1.807, 2.05) is 0 Å². The summed E-state index contributed by atoms with van der Waals surface area (Å²) in [4.78, 5) is 12.2. The van der Waals surface area contributed by atoms with E-state index in [2.05, 4.69) is 13.7 Å². The van der Waals surface area contributed by atoms with Crippen LogP contribution in [0.25, 0.3) is 0 Å². The summed E-state index contributed by atoms with van der Waals surface area (Å²) in [5, 5.41) is 12.0. The molecule has 0 aromatic heterocycles. The van der Waals surface area contributed by atoms with Gasteiger partial charge in [0.25, 0.3) is 5.91 Å². The van der Waals surface area contributed by atoms with Crippen LogP contribution in [-0.4, -0.2) is 22.7 Å². The number of benzene rings is 2. The summed E-state index contributed by atoms with van der Waals surface area (Å²) in [6.07, 6.45) is 0. The van der Waals surface area contributed by atoms with Crippen molar-refractivity contribution >= 4 is 32.2 Å². The molecule has 0 fully saturated rings. The Balaban J connectivity index is 2.18. The fraction of sp³-hybridized carbons (Fsp3) is 0. The van der Waals surface area contributed by atoms with Gasteiger partial charge in [-0.15, -0.1) is 0 Å². The van der Waals surface area contributed by atoms with Crippen LogP contribution in [0.3, 0.4) is 0 Å². The molecule has 5 N–H and O–H groups in total. The molecule has 12 heteroatoms. The van der Waals surface area contributed by atoms with Gasteiger partial charge in [-0.2, -0.15) is 27.1 Å². The first-order valence-corrected chi connectivity index (χ1v) is 9.43. The second-order valence-electron chi connectivity index (χ2n) is 4.63. The van der Waals surface area contributed by atoms with E-state index in [1.54, 1.807) is 6.07 Å². The Hall–Kier alpha value is -2.67. The van der Waals surface area contributed by atoms with E-state index in [1.165, 1.54) is 42.5 Å². The van der Waals surface area contributed by atoms with Crippen LogP contribution in [0.5, 0.6) is 11.5 Å². The fourth-order valence-electron chi connectivity index (χ4n) is 1.76. The summed E-state index contributed by atoms with van der Waals surface area (Å²) in [6, 6.07) is 10.8. The van der Waals surface area contributed by atoms with Gasteiger partial charge >= 0.3 is 20.6 Å². The van der Waals surface area contributed by atoms with Crippen LogP contribution in [0.15, 0.2) is 48.5 Å². The zero-order valence-electron chi connectivity index (χ0n) is 12.4. The molecule has 1 amide bonds. The van der Waals surface area contributed by atoms with Crippen LogP contribution >= 0.6 is 0 Å². The smallest absolute Gasteiger partial charge is 0.371 e. The lowest BCUT2D eigenvalue weighted by Crippen LogP contribution is -2.20. The molecule has 0 aliphatic rings. The van der Waals surface area contributed by atoms with E-state index in [0.717, 1.165) is 0 Å². The van der Waals surface area contributed by atoms with E-state index in [0.29, 0.717) is 0 Å². The van der Waals surface area contributed by atoms with Crippen LogP contribution in [-0.2, 0) is 20.6 Å². The third-order valence-electron chi connectivity index (χ3n) is 2.67. The summed E-state index contributed by atoms with van der Waals surface area (Å²) >= 11 is 0. The van der Waals surface area contributed by atoms with Crippen molar-refractivity contribution in [3.05, 3.63) is 54.1 Å². The maximum atomic E-state index is 12.2. The Kier molecular flexibility index (Phi) is 5.27. The molecule has 0 aliphatic carbocycles. The molecule has 2 aromatic carbocycles. The van der Waals surface area contributed by atoms with Gasteiger partial charge in [0.2, 0.25) is 0 Å². The average Bonchev–Trinajstić information content (AvgIpc) is 2.47. The lowest BCUT2D eigenvalue weighted by molar-refractivity contribution is 0.102. The SMILES string of the molecule is NS(=O)(=O)Oc1ccc(C(=O)Nc2ccccc2OS(N)(=O)=O)cc1. The largest absolute Gasteiger partial charge is 0.380 e. The molecule has 2 aromatic rings. The molecule has 0 radical (unpaired) electrons. The third-order valence-corrected chi connectivity index (χ3v) is 3.51. The quantitative estimate of drug-likeness (QED) is 0.631. The number of para-hydroxylation sites is 2. The molecular weight excluding hydrogens is 374 g/mol. The Labute approximate surface area is 143 Å². The van der Waals surface area contributed by atoms with Crippen LogP contribution in [0.2, 0.25) is 0 Å². The van der Waals surface area contributed by atoms with Gasteiger partial charge in [0.05, 0.1) is 5.69 Å². The normalized spacial score (nSPS) is 11.6. The first kappa shape index (κ1) is 18.7. The van der Waals surface area contributed by atoms with Gasteiger partial charge in [-0.05, 0) is 36.4 Å². The molecule has 10 nitrogen and oxygen atoms in total. The molecule has 0 bridgehead atoms. The first-order chi connectivity index (χ1) is 11.5. The molecule has 0 saturated carbocycles. The summed E-state index contributed by atoms with van der Waals surface area (Å²) in [5.74, 6) is -0.836. The molecule has 0 aliphatic heterocycles. The topological polar surface area (TPSA) is 168 Å². The number of nitrogens with two attached hydrogens (primary N) is 2. The highest BCUT2D eigenvalue weighted by atomic mass is 32.2. The molecular formula is C13H13N3O7S2. The number of carbonyl (C=O) groups is 1. The minimum Gasteiger partial charge on any atom is -0.371 e. The van der Waals surface area contributed by atoms with Crippen LogP contribution in [0, 0.1) is 0 Å². The summed E-state index contributed by atoms with van der Waals surface area (Å²) in [6.45, 7) is 0. The summed E-state index contributed by atoms with van der Waals surface area (Å²) < 4.78 is 52.7. The molecule has 2 rings (SSSR count). The Morgan fingerprint density at radius 1 is 0.840 bits per heavy atom. The van der Waals surface area contributed by atoms with E-state index in [-0.39, 0.29) is 22.7 Å². The molecule has 134 valence electrons. The highest BCUT2D eigenvalue weighted by Crippen LogP contribution is 2.25. The van der Waals surface area contributed by atoms with Crippen molar-refractivity contribution in [2.24, 2.45) is 10.3 Å². The minimum atomic E-state index is -4.26. The van der Waals surface area contributed by atoms with Gasteiger partial charge in [0, 0.05) is 5.56 Å². The molecule has 0 spiro atoms. The summed E-state index contributed by atoms with van der Waals surface area (Å²) in [7, 11) is -8.43. The van der Waals surface area contributed by atoms with Crippen LogP contribution < -0.4 is 24.0 Å². The Morgan fingerprint density at radius 2 is 1.40 bits per heavy atom. The van der Waals surface area contributed by atoms with Crippen molar-refractivity contribution in [2.45, 2.75) is 0 Å². The van der Waals surface area contributed by atoms with Crippen molar-refractivity contribution in [1.82, 2.24) is 0 Å². The number of hydrogen-bond donors (Lipinski definition) is 3. The molecule has 25 heavy (non-hydrogen) atoms. The lowest BCUT2D eigenvalue weighted by Gasteiger charge is -2.10. The monoisotopic (exact) mass is 387 g/mol. The van der Waals surface area contributed by atoms with E-state index >= 15 is 0 Å². The Morgan fingerprint density at radius 3 is 1.96 bits per heavy atom. The van der Waals surface area contributed by atoms with Crippen LogP contribution in [0.1, 0.15) is 10.4 Å². The fourth-order valence-corrected chi connectivity index (χ4v) is 2.53. The third kappa shape index (κ3) is 6.04. The van der Waals surface area contributed by atoms with Gasteiger partial charge in [-0.3, -0.25) is 4.79 Å². The number of nitrogens with one attached hydrogen (secondary N) is 1. The van der Waals surface area contributed by atoms with E-state index in [9.17, 15) is 21.6 Å². The van der Waals surface area contributed by atoms with Gasteiger partial charge in [0.15, 0.2) is 5.75 Å². The predicted octanol–water partition coefficient (Wildman–Crippen LogP) is 0.103. The second kappa shape index (κ2) is 7.06. The van der Waals surface area contributed by atoms with Crippen molar-refractivity contribution in [2.75, 3.05) is 5.32 Å². The zero-order chi connectivity index (χ0) is 18.7. The molecule has 0 heterocycles. The van der Waals surface area contributed by atoms with Crippen LogP contribution in [0.4, 0.5) is 5.69 Å². The standard InChI is InChI=1S/C13H13N3O7S2/c14-24(18,19)22-10-7-5-9(6-8-10)13(17)16-11-3-1-2-4-12(11)23-25(15,20)21/h1-8H,(H,16,17)(H2,14,18,19)(H2,15,20,21). The molecule has 0 unspecified atom stereocenters. The molecule has 0 atom stereocenters. The van der Waals surface area contributed by atoms with Gasteiger partial charge in [-0.1, -0.05) is 12.1 Å². The highest BCUT2D eigenvalue weighted by molar-refractivity contribution is 7.85. The summed E-state index contributed by atoms with van der Waals surface area (Å²) in [5.41, 5.74) is 0.221. The lowest BCUT2D eigenvalue weighted by atomic mass is 10.2. The number of amides is 1. The van der Waals surface area contributed by atoms with Crippen molar-refractivity contribution in [3.63, 3.8) is 0 Å². The zero-order valence-corrected chi connectivity index (χ0v) is 14.1. The highest BCUT2D eigenvalue weighted by Gasteiger charge is 2.14. The average molecular weight is 387 g/mol. The first-order valence-electron chi connectivity index (χ1n) is 6.48. The Bertz CT molecular complexity index is 987. The maximum absolute atomic E-state index is 12.2. The van der Waals surface area contributed by atoms with Crippen molar-refractivity contribution < 1.29 is 30.0 Å². The van der Waals surface area contributed by atoms with Crippen molar-refractivity contribution in [3.8, 4) is 11.5 Å². The van der Waals surface area contributed by atoms with Gasteiger partial charge in [-0.25, -0.2) is 0 Å². The number of rotatable bonds is 6. The number of carbonyl (C=O) groups excluding carboxylic acids is 1. The van der Waals surface area contributed by atoms with Gasteiger partial charge in [0.1, 0.15) is 5.75 Å². The van der Waals surface area contributed by atoms with Gasteiger partial charge < -0.3 is 13.7 Å². The predicted molar refractivity (Wildman–Crippen MR) is 88.3 cm³/mol. The second-order valence-corrected chi connectivity index (χ2v) is 6.93. The number of anilines is 1. The molecule has 0 saturated heterocycles. The van der Waals surface area contributed by atoms with E-state index < -0.39 is 26.5 Å².